The van der Waals surface area contributed by atoms with Crippen molar-refractivity contribution in [2.75, 3.05) is 5.75 Å². The number of carbonyl (C=O) groups excluding carboxylic acids is 2. The second-order valence-corrected chi connectivity index (χ2v) is 8.05. The summed E-state index contributed by atoms with van der Waals surface area (Å²) in [5.74, 6) is 0.794. The summed E-state index contributed by atoms with van der Waals surface area (Å²) in [6.45, 7) is 2.90. The number of amides is 2. The van der Waals surface area contributed by atoms with E-state index in [1.807, 2.05) is 11.5 Å². The Morgan fingerprint density at radius 2 is 1.93 bits per heavy atom. The first-order valence-electron chi connectivity index (χ1n) is 9.44. The SMILES string of the molecule is CCn1c(CNC(=O)c2ccc(Cl)cc2)nnc1SCC(=O)NC1CCCC1. The van der Waals surface area contributed by atoms with Gasteiger partial charge in [0.1, 0.15) is 0 Å². The minimum Gasteiger partial charge on any atom is -0.353 e. The Balaban J connectivity index is 1.53. The Hall–Kier alpha value is -2.06. The van der Waals surface area contributed by atoms with Crippen molar-refractivity contribution in [2.24, 2.45) is 0 Å². The van der Waals surface area contributed by atoms with Gasteiger partial charge in [0.25, 0.3) is 5.91 Å². The summed E-state index contributed by atoms with van der Waals surface area (Å²) < 4.78 is 1.91. The zero-order chi connectivity index (χ0) is 19.9. The fourth-order valence-corrected chi connectivity index (χ4v) is 4.16. The monoisotopic (exact) mass is 421 g/mol. The Bertz CT molecular complexity index is 818. The molecule has 9 heteroatoms. The molecule has 0 saturated heterocycles. The fourth-order valence-electron chi connectivity index (χ4n) is 3.21. The van der Waals surface area contributed by atoms with E-state index in [1.54, 1.807) is 24.3 Å². The number of hydrogen-bond acceptors (Lipinski definition) is 5. The van der Waals surface area contributed by atoms with Crippen molar-refractivity contribution >= 4 is 35.2 Å². The molecule has 1 aromatic carbocycles. The largest absolute Gasteiger partial charge is 0.353 e. The molecule has 7 nitrogen and oxygen atoms in total. The Morgan fingerprint density at radius 1 is 1.21 bits per heavy atom. The number of hydrogen-bond donors (Lipinski definition) is 2. The lowest BCUT2D eigenvalue weighted by Gasteiger charge is -2.12. The zero-order valence-electron chi connectivity index (χ0n) is 15.8. The van der Waals surface area contributed by atoms with Gasteiger partial charge in [0.2, 0.25) is 5.91 Å². The predicted octanol–water partition coefficient (Wildman–Crippen LogP) is 3.03. The van der Waals surface area contributed by atoms with Crippen molar-refractivity contribution in [2.45, 2.75) is 56.9 Å². The summed E-state index contributed by atoms with van der Waals surface area (Å²) in [4.78, 5) is 24.4. The molecule has 2 N–H and O–H groups in total. The molecule has 0 aliphatic heterocycles. The molecule has 0 radical (unpaired) electrons. The lowest BCUT2D eigenvalue weighted by molar-refractivity contribution is -0.119. The van der Waals surface area contributed by atoms with Crippen LogP contribution in [0, 0.1) is 0 Å². The van der Waals surface area contributed by atoms with Crippen molar-refractivity contribution in [3.63, 3.8) is 0 Å². The second-order valence-electron chi connectivity index (χ2n) is 6.67. The highest BCUT2D eigenvalue weighted by atomic mass is 35.5. The molecule has 1 heterocycles. The van der Waals surface area contributed by atoms with Crippen LogP contribution in [0.5, 0.6) is 0 Å². The van der Waals surface area contributed by atoms with E-state index >= 15 is 0 Å². The van der Waals surface area contributed by atoms with Crippen LogP contribution in [0.3, 0.4) is 0 Å². The van der Waals surface area contributed by atoms with E-state index in [-0.39, 0.29) is 18.4 Å². The summed E-state index contributed by atoms with van der Waals surface area (Å²) >= 11 is 7.21. The first-order valence-corrected chi connectivity index (χ1v) is 10.8. The number of aromatic nitrogens is 3. The van der Waals surface area contributed by atoms with Crippen LogP contribution in [0.25, 0.3) is 0 Å². The van der Waals surface area contributed by atoms with Crippen molar-refractivity contribution in [3.05, 3.63) is 40.7 Å². The standard InChI is InChI=1S/C19H24ClN5O2S/c1-2-25-16(11-21-18(27)13-7-9-14(20)10-8-13)23-24-19(25)28-12-17(26)22-15-5-3-4-6-15/h7-10,15H,2-6,11-12H2,1H3,(H,21,27)(H,22,26). The van der Waals surface area contributed by atoms with E-state index in [1.165, 1.54) is 24.6 Å². The molecule has 0 unspecified atom stereocenters. The Kier molecular flexibility index (Phi) is 7.33. The number of benzene rings is 1. The van der Waals surface area contributed by atoms with Crippen LogP contribution >= 0.6 is 23.4 Å². The molecule has 1 saturated carbocycles. The van der Waals surface area contributed by atoms with Gasteiger partial charge in [-0.2, -0.15) is 0 Å². The van der Waals surface area contributed by atoms with Crippen LogP contribution in [-0.2, 0) is 17.9 Å². The van der Waals surface area contributed by atoms with Crippen LogP contribution in [0.2, 0.25) is 5.02 Å². The minimum absolute atomic E-state index is 0.0279. The van der Waals surface area contributed by atoms with E-state index in [0.717, 1.165) is 12.8 Å². The van der Waals surface area contributed by atoms with Gasteiger partial charge in [0.15, 0.2) is 11.0 Å². The van der Waals surface area contributed by atoms with E-state index in [0.29, 0.717) is 39.9 Å². The summed E-state index contributed by atoms with van der Waals surface area (Å²) in [6.07, 6.45) is 4.51. The summed E-state index contributed by atoms with van der Waals surface area (Å²) in [5, 5.41) is 15.5. The van der Waals surface area contributed by atoms with E-state index in [4.69, 9.17) is 11.6 Å². The van der Waals surface area contributed by atoms with Crippen molar-refractivity contribution in [1.29, 1.82) is 0 Å². The highest BCUT2D eigenvalue weighted by molar-refractivity contribution is 7.99. The molecule has 1 fully saturated rings. The molecule has 0 atom stereocenters. The number of carbonyl (C=O) groups is 2. The third-order valence-electron chi connectivity index (χ3n) is 4.68. The maximum Gasteiger partial charge on any atom is 0.251 e. The summed E-state index contributed by atoms with van der Waals surface area (Å²) in [6, 6.07) is 7.02. The van der Waals surface area contributed by atoms with Crippen LogP contribution in [0.1, 0.15) is 48.8 Å². The first kappa shape index (κ1) is 20.7. The molecule has 150 valence electrons. The third-order valence-corrected chi connectivity index (χ3v) is 5.89. The molecule has 0 spiro atoms. The van der Waals surface area contributed by atoms with Gasteiger partial charge in [0, 0.05) is 23.2 Å². The lowest BCUT2D eigenvalue weighted by Crippen LogP contribution is -2.33. The first-order chi connectivity index (χ1) is 13.6. The molecular formula is C19H24ClN5O2S. The molecule has 2 amide bonds. The smallest absolute Gasteiger partial charge is 0.251 e. The number of rotatable bonds is 8. The highest BCUT2D eigenvalue weighted by Gasteiger charge is 2.18. The Labute approximate surface area is 173 Å². The van der Waals surface area contributed by atoms with Gasteiger partial charge in [-0.15, -0.1) is 10.2 Å². The van der Waals surface area contributed by atoms with Crippen molar-refractivity contribution in [3.8, 4) is 0 Å². The Morgan fingerprint density at radius 3 is 2.61 bits per heavy atom. The van der Waals surface area contributed by atoms with Gasteiger partial charge in [-0.1, -0.05) is 36.2 Å². The normalized spacial score (nSPS) is 14.2. The molecular weight excluding hydrogens is 398 g/mol. The number of thioether (sulfide) groups is 1. The van der Waals surface area contributed by atoms with Crippen LogP contribution in [-0.4, -0.2) is 38.4 Å². The van der Waals surface area contributed by atoms with Gasteiger partial charge in [0.05, 0.1) is 12.3 Å². The summed E-state index contributed by atoms with van der Waals surface area (Å²) in [5.41, 5.74) is 0.533. The minimum atomic E-state index is -0.201. The fraction of sp³-hybridized carbons (Fsp3) is 0.474. The van der Waals surface area contributed by atoms with E-state index in [2.05, 4.69) is 20.8 Å². The van der Waals surface area contributed by atoms with E-state index < -0.39 is 0 Å². The maximum atomic E-state index is 12.2. The molecule has 0 bridgehead atoms. The van der Waals surface area contributed by atoms with Gasteiger partial charge < -0.3 is 15.2 Å². The van der Waals surface area contributed by atoms with Gasteiger partial charge in [-0.25, -0.2) is 0 Å². The summed E-state index contributed by atoms with van der Waals surface area (Å²) in [7, 11) is 0. The molecule has 1 aliphatic carbocycles. The molecule has 1 aliphatic rings. The second kappa shape index (κ2) is 9.93. The molecule has 1 aromatic heterocycles. The zero-order valence-corrected chi connectivity index (χ0v) is 17.4. The topological polar surface area (TPSA) is 88.9 Å². The molecule has 28 heavy (non-hydrogen) atoms. The highest BCUT2D eigenvalue weighted by Crippen LogP contribution is 2.20. The predicted molar refractivity (Wildman–Crippen MR) is 109 cm³/mol. The third kappa shape index (κ3) is 5.48. The van der Waals surface area contributed by atoms with Crippen LogP contribution in [0.4, 0.5) is 0 Å². The lowest BCUT2D eigenvalue weighted by atomic mass is 10.2. The van der Waals surface area contributed by atoms with E-state index in [9.17, 15) is 9.59 Å². The average molecular weight is 422 g/mol. The number of nitrogens with one attached hydrogen (secondary N) is 2. The van der Waals surface area contributed by atoms with Gasteiger partial charge in [-0.05, 0) is 44.0 Å². The van der Waals surface area contributed by atoms with Gasteiger partial charge in [-0.3, -0.25) is 9.59 Å². The van der Waals surface area contributed by atoms with Crippen molar-refractivity contribution in [1.82, 2.24) is 25.4 Å². The number of nitrogens with zero attached hydrogens (tertiary/aromatic N) is 3. The van der Waals surface area contributed by atoms with Crippen molar-refractivity contribution < 1.29 is 9.59 Å². The van der Waals surface area contributed by atoms with Gasteiger partial charge >= 0.3 is 0 Å². The number of halogens is 1. The molecule has 2 aromatic rings. The molecule has 3 rings (SSSR count). The van der Waals surface area contributed by atoms with Crippen LogP contribution in [0.15, 0.2) is 29.4 Å². The maximum absolute atomic E-state index is 12.2. The average Bonchev–Trinajstić information content (AvgIpc) is 3.34. The quantitative estimate of drug-likeness (QED) is 0.639. The van der Waals surface area contributed by atoms with Crippen LogP contribution < -0.4 is 10.6 Å².